The maximum absolute atomic E-state index is 14.2. The zero-order valence-electron chi connectivity index (χ0n) is 27.2. The highest BCUT2D eigenvalue weighted by Gasteiger charge is 2.33. The van der Waals surface area contributed by atoms with Crippen LogP contribution >= 0.6 is 0 Å². The molecule has 3 aromatic carbocycles. The first-order valence-electron chi connectivity index (χ1n) is 15.1. The van der Waals surface area contributed by atoms with Crippen LogP contribution in [0.1, 0.15) is 40.3 Å². The lowest BCUT2D eigenvalue weighted by molar-refractivity contribution is -0.131. The summed E-state index contributed by atoms with van der Waals surface area (Å²) in [6.45, 7) is 8.65. The lowest BCUT2D eigenvalue weighted by Crippen LogP contribution is -2.44. The molecule has 0 aliphatic carbocycles. The van der Waals surface area contributed by atoms with E-state index in [9.17, 15) is 19.2 Å². The molecule has 4 aromatic rings. The van der Waals surface area contributed by atoms with Crippen molar-refractivity contribution in [2.45, 2.75) is 46.3 Å². The lowest BCUT2D eigenvalue weighted by atomic mass is 10.1. The normalized spacial score (nSPS) is 14.6. The smallest absolute Gasteiger partial charge is 0.435 e. The Morgan fingerprint density at radius 3 is 2.19 bits per heavy atom. The number of hydrogen-bond acceptors (Lipinski definition) is 7. The van der Waals surface area contributed by atoms with Crippen molar-refractivity contribution in [3.63, 3.8) is 0 Å². The number of fused-ring (bicyclic) bond motifs is 1. The van der Waals surface area contributed by atoms with Crippen molar-refractivity contribution in [1.29, 1.82) is 0 Å². The van der Waals surface area contributed by atoms with Crippen LogP contribution in [0.4, 0.5) is 16.2 Å². The highest BCUT2D eigenvalue weighted by molar-refractivity contribution is 6.28. The van der Waals surface area contributed by atoms with E-state index in [-0.39, 0.29) is 29.8 Å². The molecule has 11 nitrogen and oxygen atoms in total. The van der Waals surface area contributed by atoms with E-state index in [2.05, 4.69) is 5.10 Å². The van der Waals surface area contributed by atoms with Gasteiger partial charge >= 0.3 is 6.09 Å². The number of aromatic nitrogens is 2. The van der Waals surface area contributed by atoms with Gasteiger partial charge in [-0.05, 0) is 83.2 Å². The molecule has 0 spiro atoms. The fourth-order valence-electron chi connectivity index (χ4n) is 5.17. The first-order valence-corrected chi connectivity index (χ1v) is 15.1. The maximum Gasteiger partial charge on any atom is 0.435 e. The Bertz CT molecular complexity index is 1870. The maximum atomic E-state index is 14.2. The van der Waals surface area contributed by atoms with Crippen LogP contribution in [0.25, 0.3) is 17.0 Å². The summed E-state index contributed by atoms with van der Waals surface area (Å²) in [5, 5.41) is 5.01. The number of para-hydroxylation sites is 2. The molecule has 5 rings (SSSR count). The molecule has 0 atom stereocenters. The molecule has 0 unspecified atom stereocenters. The summed E-state index contributed by atoms with van der Waals surface area (Å²) in [4.78, 5) is 59.3. The Labute approximate surface area is 273 Å². The van der Waals surface area contributed by atoms with Crippen LogP contribution < -0.4 is 14.5 Å². The number of amides is 3. The minimum atomic E-state index is -0.777. The van der Waals surface area contributed by atoms with Crippen molar-refractivity contribution in [3.8, 4) is 5.75 Å². The molecule has 0 bridgehead atoms. The van der Waals surface area contributed by atoms with Gasteiger partial charge in [-0.3, -0.25) is 19.3 Å². The van der Waals surface area contributed by atoms with Crippen LogP contribution in [0.5, 0.6) is 5.75 Å². The van der Waals surface area contributed by atoms with E-state index in [1.807, 2.05) is 19.9 Å². The van der Waals surface area contributed by atoms with Crippen LogP contribution in [0, 0.1) is 0 Å². The van der Waals surface area contributed by atoms with E-state index in [1.54, 1.807) is 106 Å². The molecule has 0 fully saturated rings. The SMILES string of the molecule is COc1ccc(N(C(=O)CN2C=CN(c3ccccc3)C(=O)/C(=C\c3nn(C(=O)OC(C)(C)C)c4ccccc34)C2=O)C(C)C)cc1. The third-order valence-corrected chi connectivity index (χ3v) is 7.28. The Morgan fingerprint density at radius 1 is 0.894 bits per heavy atom. The van der Waals surface area contributed by atoms with Crippen LogP contribution in [0.2, 0.25) is 0 Å². The van der Waals surface area contributed by atoms with Crippen molar-refractivity contribution < 1.29 is 28.7 Å². The molecule has 1 aliphatic rings. The molecule has 3 amide bonds. The molecule has 47 heavy (non-hydrogen) atoms. The Hall–Kier alpha value is -5.71. The minimum Gasteiger partial charge on any atom is -0.497 e. The van der Waals surface area contributed by atoms with Crippen molar-refractivity contribution in [3.05, 3.63) is 103 Å². The second-order valence-corrected chi connectivity index (χ2v) is 12.1. The third kappa shape index (κ3) is 7.09. The van der Waals surface area contributed by atoms with Gasteiger partial charge in [0.05, 0.1) is 18.3 Å². The van der Waals surface area contributed by atoms with E-state index >= 15 is 0 Å². The van der Waals surface area contributed by atoms with Gasteiger partial charge in [-0.1, -0.05) is 36.4 Å². The van der Waals surface area contributed by atoms with Crippen LogP contribution in [-0.4, -0.2) is 63.8 Å². The topological polar surface area (TPSA) is 114 Å². The Morgan fingerprint density at radius 2 is 1.55 bits per heavy atom. The van der Waals surface area contributed by atoms with Crippen LogP contribution in [0.15, 0.2) is 96.8 Å². The molecule has 0 radical (unpaired) electrons. The van der Waals surface area contributed by atoms with Gasteiger partial charge in [0.15, 0.2) is 0 Å². The number of rotatable bonds is 7. The Kier molecular flexibility index (Phi) is 9.27. The van der Waals surface area contributed by atoms with E-state index in [0.29, 0.717) is 28.0 Å². The predicted octanol–water partition coefficient (Wildman–Crippen LogP) is 6.00. The molecule has 1 aromatic heterocycles. The molecule has 11 heteroatoms. The summed E-state index contributed by atoms with van der Waals surface area (Å²) in [6, 6.07) is 22.6. The zero-order valence-corrected chi connectivity index (χ0v) is 27.2. The standard InChI is InChI=1S/C36H37N5O6/c1-24(2)40(26-16-18-27(46-6)19-17-26)32(42)23-38-20-21-39(25-12-8-7-9-13-25)34(44)29(33(38)43)22-30-28-14-10-11-15-31(28)41(37-30)35(45)47-36(3,4)5/h7-22,24H,23H2,1-6H3/b29-22-. The largest absolute Gasteiger partial charge is 0.497 e. The summed E-state index contributed by atoms with van der Waals surface area (Å²) >= 11 is 0. The second kappa shape index (κ2) is 13.3. The predicted molar refractivity (Wildman–Crippen MR) is 180 cm³/mol. The van der Waals surface area contributed by atoms with Gasteiger partial charge in [-0.2, -0.15) is 9.78 Å². The van der Waals surface area contributed by atoms with Crippen molar-refractivity contribution in [2.75, 3.05) is 23.5 Å². The highest BCUT2D eigenvalue weighted by Crippen LogP contribution is 2.27. The highest BCUT2D eigenvalue weighted by atomic mass is 16.6. The molecule has 0 N–H and O–H groups in total. The summed E-state index contributed by atoms with van der Waals surface area (Å²) in [5.74, 6) is -1.04. The minimum absolute atomic E-state index is 0.214. The Balaban J connectivity index is 1.57. The number of anilines is 2. The van der Waals surface area contributed by atoms with E-state index in [0.717, 1.165) is 4.68 Å². The van der Waals surface area contributed by atoms with E-state index < -0.39 is 23.5 Å². The van der Waals surface area contributed by atoms with Gasteiger partial charge < -0.3 is 19.3 Å². The number of ether oxygens (including phenoxy) is 2. The molecule has 242 valence electrons. The number of nitrogens with zero attached hydrogens (tertiary/aromatic N) is 5. The molecule has 2 heterocycles. The average Bonchev–Trinajstić information content (AvgIpc) is 3.36. The fourth-order valence-corrected chi connectivity index (χ4v) is 5.17. The zero-order chi connectivity index (χ0) is 33.9. The second-order valence-electron chi connectivity index (χ2n) is 12.1. The summed E-state index contributed by atoms with van der Waals surface area (Å²) in [6.07, 6.45) is 3.55. The summed E-state index contributed by atoms with van der Waals surface area (Å²) in [5.41, 5.74) is 0.791. The van der Waals surface area contributed by atoms with Crippen LogP contribution in [-0.2, 0) is 19.1 Å². The van der Waals surface area contributed by atoms with Gasteiger partial charge in [0.1, 0.15) is 23.5 Å². The molecule has 0 saturated heterocycles. The van der Waals surface area contributed by atoms with E-state index in [4.69, 9.17) is 9.47 Å². The number of benzene rings is 3. The van der Waals surface area contributed by atoms with Crippen molar-refractivity contribution in [2.24, 2.45) is 0 Å². The molecule has 0 saturated carbocycles. The lowest BCUT2D eigenvalue weighted by Gasteiger charge is -2.29. The van der Waals surface area contributed by atoms with Crippen LogP contribution in [0.3, 0.4) is 0 Å². The van der Waals surface area contributed by atoms with E-state index in [1.165, 1.54) is 28.3 Å². The number of hydrogen-bond donors (Lipinski definition) is 0. The van der Waals surface area contributed by atoms with Gasteiger partial charge in [0, 0.05) is 35.2 Å². The molecule has 1 aliphatic heterocycles. The summed E-state index contributed by atoms with van der Waals surface area (Å²) in [7, 11) is 1.56. The van der Waals surface area contributed by atoms with Gasteiger partial charge in [0.2, 0.25) is 5.91 Å². The van der Waals surface area contributed by atoms with Gasteiger partial charge in [0.25, 0.3) is 11.8 Å². The van der Waals surface area contributed by atoms with Crippen molar-refractivity contribution in [1.82, 2.24) is 14.7 Å². The monoisotopic (exact) mass is 635 g/mol. The number of carbonyl (C=O) groups excluding carboxylic acids is 4. The van der Waals surface area contributed by atoms with Gasteiger partial charge in [-0.15, -0.1) is 0 Å². The number of carbonyl (C=O) groups is 4. The third-order valence-electron chi connectivity index (χ3n) is 7.28. The quantitative estimate of drug-likeness (QED) is 0.181. The van der Waals surface area contributed by atoms with Crippen molar-refractivity contribution >= 4 is 52.2 Å². The van der Waals surface area contributed by atoms with Gasteiger partial charge in [-0.25, -0.2) is 4.79 Å². The fraction of sp³-hybridized carbons (Fsp3) is 0.250. The first kappa shape index (κ1) is 32.7. The first-order chi connectivity index (χ1) is 22.4. The average molecular weight is 636 g/mol. The number of methoxy groups -OCH3 is 1. The summed E-state index contributed by atoms with van der Waals surface area (Å²) < 4.78 is 11.9. The molecular weight excluding hydrogens is 598 g/mol. The molecular formula is C36H37N5O6.